The van der Waals surface area contributed by atoms with Gasteiger partial charge < -0.3 is 20.8 Å². The van der Waals surface area contributed by atoms with E-state index >= 15 is 0 Å². The van der Waals surface area contributed by atoms with Gasteiger partial charge in [0.05, 0.1) is 11.1 Å². The maximum Gasteiger partial charge on any atom is 0.326 e. The molecule has 0 bridgehead atoms. The Morgan fingerprint density at radius 1 is 1.11 bits per heavy atom. The van der Waals surface area contributed by atoms with Crippen molar-refractivity contribution in [2.75, 3.05) is 0 Å². The van der Waals surface area contributed by atoms with Crippen molar-refractivity contribution >= 4 is 23.8 Å². The molecule has 0 spiro atoms. The maximum atomic E-state index is 12.8. The predicted octanol–water partition coefficient (Wildman–Crippen LogP) is 0.934. The van der Waals surface area contributed by atoms with Crippen molar-refractivity contribution in [2.45, 2.75) is 58.0 Å². The third kappa shape index (κ3) is 6.33. The Morgan fingerprint density at radius 3 is 2.21 bits per heavy atom. The van der Waals surface area contributed by atoms with E-state index in [0.29, 0.717) is 5.69 Å². The molecule has 0 unspecified atom stereocenters. The van der Waals surface area contributed by atoms with Crippen molar-refractivity contribution in [3.63, 3.8) is 0 Å². The van der Waals surface area contributed by atoms with Crippen molar-refractivity contribution in [1.29, 1.82) is 0 Å². The Morgan fingerprint density at radius 2 is 1.75 bits per heavy atom. The lowest BCUT2D eigenvalue weighted by Crippen LogP contribution is -2.56. The Bertz CT molecular complexity index is 718. The van der Waals surface area contributed by atoms with E-state index in [-0.39, 0.29) is 12.3 Å². The standard InChI is InChI=1S/C19H27N3O6/c1-11(2)15(16(25)21-12(17(26)27)8-9-14(23)24)22-18(28)19(3,4)13-7-5-6-10-20-13/h5-7,10-12,15H,8-9H2,1-4H3,(H,21,25)(H,22,28)(H,23,24)(H,26,27)/t12-,15+/m1/s1. The number of aliphatic carboxylic acids is 2. The second-order valence-corrected chi connectivity index (χ2v) is 7.37. The average molecular weight is 393 g/mol. The number of carboxylic acids is 2. The van der Waals surface area contributed by atoms with E-state index in [1.54, 1.807) is 52.1 Å². The first-order chi connectivity index (χ1) is 13.0. The average Bonchev–Trinajstić information content (AvgIpc) is 2.62. The molecular formula is C19H27N3O6. The van der Waals surface area contributed by atoms with E-state index in [2.05, 4.69) is 15.6 Å². The monoisotopic (exact) mass is 393 g/mol. The number of nitrogens with one attached hydrogen (secondary N) is 2. The third-order valence-electron chi connectivity index (χ3n) is 4.37. The number of carbonyl (C=O) groups excluding carboxylic acids is 2. The first-order valence-electron chi connectivity index (χ1n) is 8.94. The molecule has 2 atom stereocenters. The quantitative estimate of drug-likeness (QED) is 0.462. The topological polar surface area (TPSA) is 146 Å². The highest BCUT2D eigenvalue weighted by Gasteiger charge is 2.36. The molecule has 9 heteroatoms. The van der Waals surface area contributed by atoms with E-state index in [9.17, 15) is 24.3 Å². The van der Waals surface area contributed by atoms with Gasteiger partial charge in [0.1, 0.15) is 12.1 Å². The summed E-state index contributed by atoms with van der Waals surface area (Å²) in [6.07, 6.45) is 0.911. The summed E-state index contributed by atoms with van der Waals surface area (Å²) in [7, 11) is 0. The van der Waals surface area contributed by atoms with Gasteiger partial charge in [-0.1, -0.05) is 19.9 Å². The zero-order chi connectivity index (χ0) is 21.5. The molecule has 1 aromatic rings. The summed E-state index contributed by atoms with van der Waals surface area (Å²) in [5.41, 5.74) is -0.482. The number of rotatable bonds is 10. The van der Waals surface area contributed by atoms with Gasteiger partial charge in [-0.2, -0.15) is 0 Å². The highest BCUT2D eigenvalue weighted by molar-refractivity contribution is 5.93. The lowest BCUT2D eigenvalue weighted by Gasteiger charge is -2.29. The largest absolute Gasteiger partial charge is 0.481 e. The summed E-state index contributed by atoms with van der Waals surface area (Å²) in [5, 5.41) is 22.9. The second-order valence-electron chi connectivity index (χ2n) is 7.37. The summed E-state index contributed by atoms with van der Waals surface area (Å²) in [5.74, 6) is -3.93. The fourth-order valence-corrected chi connectivity index (χ4v) is 2.49. The molecule has 0 aliphatic rings. The number of carbonyl (C=O) groups is 4. The molecule has 1 rings (SSSR count). The number of aromatic nitrogens is 1. The Labute approximate surface area is 163 Å². The molecule has 0 aromatic carbocycles. The van der Waals surface area contributed by atoms with Gasteiger partial charge >= 0.3 is 11.9 Å². The second kappa shape index (κ2) is 9.82. The molecule has 4 N–H and O–H groups in total. The van der Waals surface area contributed by atoms with Crippen LogP contribution in [0.4, 0.5) is 0 Å². The van der Waals surface area contributed by atoms with Crippen LogP contribution in [0.3, 0.4) is 0 Å². The molecular weight excluding hydrogens is 366 g/mol. The van der Waals surface area contributed by atoms with Crippen LogP contribution >= 0.6 is 0 Å². The molecule has 9 nitrogen and oxygen atoms in total. The molecule has 1 heterocycles. The molecule has 1 aromatic heterocycles. The first kappa shape index (κ1) is 23.1. The molecule has 0 aliphatic carbocycles. The summed E-state index contributed by atoms with van der Waals surface area (Å²) < 4.78 is 0. The van der Waals surface area contributed by atoms with E-state index < -0.39 is 47.7 Å². The molecule has 0 radical (unpaired) electrons. The van der Waals surface area contributed by atoms with E-state index in [4.69, 9.17) is 5.11 Å². The number of hydrogen-bond acceptors (Lipinski definition) is 5. The van der Waals surface area contributed by atoms with Crippen molar-refractivity contribution in [1.82, 2.24) is 15.6 Å². The predicted molar refractivity (Wildman–Crippen MR) is 100 cm³/mol. The summed E-state index contributed by atoms with van der Waals surface area (Å²) in [6.45, 7) is 6.77. The summed E-state index contributed by atoms with van der Waals surface area (Å²) in [4.78, 5) is 51.6. The number of hydrogen-bond donors (Lipinski definition) is 4. The smallest absolute Gasteiger partial charge is 0.326 e. The zero-order valence-electron chi connectivity index (χ0n) is 16.4. The van der Waals surface area contributed by atoms with Gasteiger partial charge in [0.25, 0.3) is 0 Å². The lowest BCUT2D eigenvalue weighted by atomic mass is 9.86. The van der Waals surface area contributed by atoms with Crippen LogP contribution in [0.15, 0.2) is 24.4 Å². The van der Waals surface area contributed by atoms with E-state index in [1.165, 1.54) is 0 Å². The van der Waals surface area contributed by atoms with Gasteiger partial charge in [0.2, 0.25) is 11.8 Å². The van der Waals surface area contributed by atoms with Gasteiger partial charge in [-0.05, 0) is 38.3 Å². The minimum Gasteiger partial charge on any atom is -0.481 e. The van der Waals surface area contributed by atoms with E-state index in [1.807, 2.05) is 0 Å². The molecule has 0 aliphatic heterocycles. The zero-order valence-corrected chi connectivity index (χ0v) is 16.4. The van der Waals surface area contributed by atoms with Gasteiger partial charge in [0.15, 0.2) is 0 Å². The van der Waals surface area contributed by atoms with E-state index in [0.717, 1.165) is 0 Å². The molecule has 154 valence electrons. The van der Waals surface area contributed by atoms with Gasteiger partial charge in [-0.15, -0.1) is 0 Å². The van der Waals surface area contributed by atoms with Crippen LogP contribution in [0.25, 0.3) is 0 Å². The van der Waals surface area contributed by atoms with Crippen LogP contribution in [0.2, 0.25) is 0 Å². The minimum atomic E-state index is -1.36. The van der Waals surface area contributed by atoms with Crippen molar-refractivity contribution < 1.29 is 29.4 Å². The van der Waals surface area contributed by atoms with Crippen LogP contribution < -0.4 is 10.6 Å². The van der Waals surface area contributed by atoms with Crippen molar-refractivity contribution in [3.8, 4) is 0 Å². The fraction of sp³-hybridized carbons (Fsp3) is 0.526. The molecule has 0 fully saturated rings. The highest BCUT2D eigenvalue weighted by atomic mass is 16.4. The van der Waals surface area contributed by atoms with Crippen LogP contribution in [-0.2, 0) is 24.6 Å². The fourth-order valence-electron chi connectivity index (χ4n) is 2.49. The molecule has 28 heavy (non-hydrogen) atoms. The highest BCUT2D eigenvalue weighted by Crippen LogP contribution is 2.21. The SMILES string of the molecule is CC(C)[C@H](NC(=O)C(C)(C)c1ccccn1)C(=O)N[C@H](CCC(=O)O)C(=O)O. The molecule has 0 saturated heterocycles. The van der Waals surface area contributed by atoms with Crippen LogP contribution in [0, 0.1) is 5.92 Å². The first-order valence-corrected chi connectivity index (χ1v) is 8.94. The third-order valence-corrected chi connectivity index (χ3v) is 4.37. The van der Waals surface area contributed by atoms with Crippen LogP contribution in [-0.4, -0.2) is 51.0 Å². The van der Waals surface area contributed by atoms with Crippen LogP contribution in [0.1, 0.15) is 46.2 Å². The summed E-state index contributed by atoms with van der Waals surface area (Å²) >= 11 is 0. The Hall–Kier alpha value is -2.97. The number of pyridine rings is 1. The minimum absolute atomic E-state index is 0.255. The summed E-state index contributed by atoms with van der Waals surface area (Å²) in [6, 6.07) is 2.85. The Balaban J connectivity index is 2.91. The van der Waals surface area contributed by atoms with Gasteiger partial charge in [-0.3, -0.25) is 19.4 Å². The lowest BCUT2D eigenvalue weighted by molar-refractivity contribution is -0.143. The normalized spacial score (nSPS) is 13.5. The van der Waals surface area contributed by atoms with Gasteiger partial charge in [-0.25, -0.2) is 4.79 Å². The van der Waals surface area contributed by atoms with Crippen molar-refractivity contribution in [2.24, 2.45) is 5.92 Å². The Kier molecular flexibility index (Phi) is 8.09. The maximum absolute atomic E-state index is 12.8. The number of amides is 2. The molecule has 0 saturated carbocycles. The van der Waals surface area contributed by atoms with Gasteiger partial charge in [0, 0.05) is 12.6 Å². The van der Waals surface area contributed by atoms with Crippen molar-refractivity contribution in [3.05, 3.63) is 30.1 Å². The number of nitrogens with zero attached hydrogens (tertiary/aromatic N) is 1. The molecule has 2 amide bonds. The van der Waals surface area contributed by atoms with Crippen LogP contribution in [0.5, 0.6) is 0 Å². The number of carboxylic acid groups (broad SMARTS) is 2.